The molecule has 0 fully saturated rings. The highest BCUT2D eigenvalue weighted by Gasteiger charge is 2.18. The maximum atomic E-state index is 11.8. The van der Waals surface area contributed by atoms with Crippen LogP contribution in [0.4, 0.5) is 0 Å². The van der Waals surface area contributed by atoms with E-state index >= 15 is 0 Å². The number of aromatic nitrogens is 5. The van der Waals surface area contributed by atoms with Crippen molar-refractivity contribution in [2.24, 2.45) is 7.05 Å². The third-order valence-electron chi connectivity index (χ3n) is 4.93. The van der Waals surface area contributed by atoms with Crippen LogP contribution in [0, 0.1) is 0 Å². The number of fused-ring (bicyclic) bond motifs is 1. The number of nitrogens with one attached hydrogen (secondary N) is 2. The molecule has 8 heteroatoms. The van der Waals surface area contributed by atoms with E-state index in [0.717, 1.165) is 44.2 Å². The van der Waals surface area contributed by atoms with Crippen LogP contribution < -0.4 is 5.32 Å². The first-order valence-corrected chi connectivity index (χ1v) is 10.3. The van der Waals surface area contributed by atoms with E-state index in [0.29, 0.717) is 5.56 Å². The van der Waals surface area contributed by atoms with E-state index in [4.69, 9.17) is 4.98 Å². The van der Waals surface area contributed by atoms with E-state index < -0.39 is 0 Å². The summed E-state index contributed by atoms with van der Waals surface area (Å²) in [5, 5.41) is 7.19. The molecule has 0 atom stereocenters. The summed E-state index contributed by atoms with van der Waals surface area (Å²) in [6, 6.07) is 15.5. The number of carbonyl (C=O) groups excluding carboxylic acids is 1. The number of hydrogen-bond acceptors (Lipinski definition) is 5. The van der Waals surface area contributed by atoms with Gasteiger partial charge in [0.15, 0.2) is 0 Å². The van der Waals surface area contributed by atoms with Crippen molar-refractivity contribution in [2.75, 3.05) is 7.05 Å². The summed E-state index contributed by atoms with van der Waals surface area (Å²) >= 11 is 1.60. The molecule has 0 aliphatic rings. The predicted molar refractivity (Wildman–Crippen MR) is 118 cm³/mol. The van der Waals surface area contributed by atoms with Crippen LogP contribution in [0.2, 0.25) is 0 Å². The zero-order valence-electron chi connectivity index (χ0n) is 16.4. The fraction of sp³-hybridized carbons (Fsp3) is 0.0909. The molecule has 30 heavy (non-hydrogen) atoms. The van der Waals surface area contributed by atoms with Gasteiger partial charge in [-0.25, -0.2) is 9.97 Å². The van der Waals surface area contributed by atoms with Crippen molar-refractivity contribution in [2.45, 2.75) is 0 Å². The van der Waals surface area contributed by atoms with Crippen LogP contribution >= 0.6 is 11.3 Å². The lowest BCUT2D eigenvalue weighted by Gasteiger charge is -2.01. The van der Waals surface area contributed by atoms with Crippen LogP contribution in [0.15, 0.2) is 60.2 Å². The van der Waals surface area contributed by atoms with Gasteiger partial charge in [-0.15, -0.1) is 11.3 Å². The molecule has 2 aromatic carbocycles. The van der Waals surface area contributed by atoms with Gasteiger partial charge in [-0.1, -0.05) is 18.2 Å². The van der Waals surface area contributed by atoms with E-state index in [1.54, 1.807) is 35.2 Å². The molecule has 0 aliphatic carbocycles. The van der Waals surface area contributed by atoms with Gasteiger partial charge in [0.25, 0.3) is 5.91 Å². The molecule has 5 aromatic rings. The molecule has 0 saturated carbocycles. The quantitative estimate of drug-likeness (QED) is 0.463. The third-order valence-corrected chi connectivity index (χ3v) is 5.72. The first-order valence-electron chi connectivity index (χ1n) is 9.38. The fourth-order valence-corrected chi connectivity index (χ4v) is 4.10. The lowest BCUT2D eigenvalue weighted by atomic mass is 10.1. The first-order chi connectivity index (χ1) is 14.6. The van der Waals surface area contributed by atoms with Gasteiger partial charge in [0.1, 0.15) is 11.5 Å². The molecule has 148 valence electrons. The van der Waals surface area contributed by atoms with E-state index in [-0.39, 0.29) is 5.91 Å². The van der Waals surface area contributed by atoms with Gasteiger partial charge in [-0.05, 0) is 30.3 Å². The zero-order chi connectivity index (χ0) is 20.7. The second-order valence-corrected chi connectivity index (χ2v) is 7.76. The number of aromatic amines is 1. The minimum Gasteiger partial charge on any atom is -0.355 e. The molecule has 0 saturated heterocycles. The lowest BCUT2D eigenvalue weighted by molar-refractivity contribution is 0.0963. The third kappa shape index (κ3) is 3.17. The summed E-state index contributed by atoms with van der Waals surface area (Å²) in [6.45, 7) is 0. The monoisotopic (exact) mass is 414 g/mol. The molecule has 0 aliphatic heterocycles. The van der Waals surface area contributed by atoms with Crippen molar-refractivity contribution >= 4 is 27.5 Å². The van der Waals surface area contributed by atoms with Gasteiger partial charge in [0.2, 0.25) is 0 Å². The van der Waals surface area contributed by atoms with Crippen LogP contribution in [0.1, 0.15) is 10.4 Å². The summed E-state index contributed by atoms with van der Waals surface area (Å²) in [5.74, 6) is 0.604. The van der Waals surface area contributed by atoms with Gasteiger partial charge in [0, 0.05) is 37.0 Å². The molecule has 3 aromatic heterocycles. The van der Waals surface area contributed by atoms with Crippen molar-refractivity contribution in [3.05, 3.63) is 65.8 Å². The van der Waals surface area contributed by atoms with E-state index in [9.17, 15) is 4.79 Å². The standard InChI is InChI=1S/C22H18N6OS/c1-23-22(29)14-5-3-13(4-6-14)21-25-19(20(26-21)17-9-10-28(2)27-17)15-7-8-16-18(11-15)30-12-24-16/h3-12H,1-2H3,(H,23,29)(H,25,26). The maximum absolute atomic E-state index is 11.8. The topological polar surface area (TPSA) is 88.5 Å². The molecule has 0 unspecified atom stereocenters. The Morgan fingerprint density at radius 2 is 1.90 bits per heavy atom. The molecular formula is C22H18N6OS. The molecule has 2 N–H and O–H groups in total. The number of rotatable bonds is 4. The van der Waals surface area contributed by atoms with E-state index in [1.807, 2.05) is 49.1 Å². The van der Waals surface area contributed by atoms with Crippen LogP contribution in [-0.4, -0.2) is 37.7 Å². The van der Waals surface area contributed by atoms with Crippen molar-refractivity contribution < 1.29 is 4.79 Å². The minimum atomic E-state index is -0.117. The predicted octanol–water partition coefficient (Wildman–Crippen LogP) is 4.11. The fourth-order valence-electron chi connectivity index (χ4n) is 3.38. The van der Waals surface area contributed by atoms with Crippen molar-refractivity contribution in [3.8, 4) is 34.0 Å². The minimum absolute atomic E-state index is 0.117. The number of imidazole rings is 1. The van der Waals surface area contributed by atoms with Crippen molar-refractivity contribution in [3.63, 3.8) is 0 Å². The number of hydrogen-bond donors (Lipinski definition) is 2. The molecular weight excluding hydrogens is 396 g/mol. The normalized spacial score (nSPS) is 11.1. The second-order valence-electron chi connectivity index (χ2n) is 6.88. The highest BCUT2D eigenvalue weighted by Crippen LogP contribution is 2.34. The number of benzene rings is 2. The summed E-state index contributed by atoms with van der Waals surface area (Å²) in [7, 11) is 3.51. The van der Waals surface area contributed by atoms with Gasteiger partial charge < -0.3 is 10.3 Å². The Morgan fingerprint density at radius 3 is 2.63 bits per heavy atom. The molecule has 0 bridgehead atoms. The molecule has 3 heterocycles. The van der Waals surface area contributed by atoms with Gasteiger partial charge >= 0.3 is 0 Å². The number of carbonyl (C=O) groups is 1. The SMILES string of the molecule is CNC(=O)c1ccc(-c2nc(-c3ccc4ncsc4c3)c(-c3ccn(C)n3)[nH]2)cc1. The maximum Gasteiger partial charge on any atom is 0.251 e. The van der Waals surface area contributed by atoms with Crippen molar-refractivity contribution in [1.82, 2.24) is 30.0 Å². The number of amides is 1. The van der Waals surface area contributed by atoms with Crippen LogP contribution in [0.25, 0.3) is 44.2 Å². The average Bonchev–Trinajstić information content (AvgIpc) is 3.51. The van der Waals surface area contributed by atoms with Gasteiger partial charge in [-0.2, -0.15) is 5.10 Å². The number of nitrogens with zero attached hydrogens (tertiary/aromatic N) is 4. The van der Waals surface area contributed by atoms with Crippen LogP contribution in [-0.2, 0) is 7.05 Å². The van der Waals surface area contributed by atoms with E-state index in [1.165, 1.54) is 0 Å². The highest BCUT2D eigenvalue weighted by molar-refractivity contribution is 7.16. The van der Waals surface area contributed by atoms with Crippen molar-refractivity contribution in [1.29, 1.82) is 0 Å². The zero-order valence-corrected chi connectivity index (χ0v) is 17.2. The Kier molecular flexibility index (Phi) is 4.40. The molecule has 7 nitrogen and oxygen atoms in total. The average molecular weight is 414 g/mol. The van der Waals surface area contributed by atoms with Gasteiger partial charge in [-0.3, -0.25) is 9.48 Å². The molecule has 0 spiro atoms. The smallest absolute Gasteiger partial charge is 0.251 e. The Balaban J connectivity index is 1.64. The lowest BCUT2D eigenvalue weighted by Crippen LogP contribution is -2.17. The summed E-state index contributed by atoms with van der Waals surface area (Å²) < 4.78 is 2.88. The second kappa shape index (κ2) is 7.23. The summed E-state index contributed by atoms with van der Waals surface area (Å²) in [6.07, 6.45) is 1.91. The number of thiazole rings is 1. The highest BCUT2D eigenvalue weighted by atomic mass is 32.1. The summed E-state index contributed by atoms with van der Waals surface area (Å²) in [5.41, 5.74) is 7.81. The molecule has 1 amide bonds. The largest absolute Gasteiger partial charge is 0.355 e. The molecule has 0 radical (unpaired) electrons. The van der Waals surface area contributed by atoms with Crippen LogP contribution in [0.5, 0.6) is 0 Å². The Morgan fingerprint density at radius 1 is 1.10 bits per heavy atom. The molecule has 5 rings (SSSR count). The number of aryl methyl sites for hydroxylation is 1. The van der Waals surface area contributed by atoms with Gasteiger partial charge in [0.05, 0.1) is 27.1 Å². The van der Waals surface area contributed by atoms with E-state index in [2.05, 4.69) is 26.4 Å². The Labute approximate surface area is 176 Å². The number of H-pyrrole nitrogens is 1. The summed E-state index contributed by atoms with van der Waals surface area (Å²) in [4.78, 5) is 24.5. The first kappa shape index (κ1) is 18.3. The Bertz CT molecular complexity index is 1360. The van der Waals surface area contributed by atoms with Crippen LogP contribution in [0.3, 0.4) is 0 Å². The Hall–Kier alpha value is -3.78.